The number of Topliss-reactive ketones (excluding diaryl/α,β-unsaturated/α-hetero) is 1. The van der Waals surface area contributed by atoms with Gasteiger partial charge < -0.3 is 10.6 Å². The quantitative estimate of drug-likeness (QED) is 0.346. The molecule has 1 heterocycles. The normalized spacial score (nSPS) is 19.2. The van der Waals surface area contributed by atoms with Crippen LogP contribution in [0.1, 0.15) is 42.7 Å². The molecule has 2 atom stereocenters. The molecule has 0 saturated carbocycles. The van der Waals surface area contributed by atoms with Crippen LogP contribution in [0.3, 0.4) is 0 Å². The number of rotatable bonds is 5. The Kier molecular flexibility index (Phi) is 6.40. The zero-order valence-corrected chi connectivity index (χ0v) is 20.0. The molecule has 37 heavy (non-hydrogen) atoms. The number of benzene rings is 3. The fourth-order valence-electron chi connectivity index (χ4n) is 5.22. The van der Waals surface area contributed by atoms with Crippen LogP contribution in [0.5, 0.6) is 0 Å². The van der Waals surface area contributed by atoms with E-state index in [1.54, 1.807) is 25.1 Å². The molecule has 3 aromatic rings. The van der Waals surface area contributed by atoms with Crippen LogP contribution in [0.2, 0.25) is 0 Å². The third-order valence-electron chi connectivity index (χ3n) is 6.84. The van der Waals surface area contributed by atoms with Gasteiger partial charge in [0, 0.05) is 52.7 Å². The molecule has 7 nitrogen and oxygen atoms in total. The monoisotopic (exact) mass is 497 g/mol. The number of allylic oxidation sites excluding steroid dienone is 3. The van der Waals surface area contributed by atoms with Gasteiger partial charge in [0.15, 0.2) is 5.78 Å². The predicted octanol–water partition coefficient (Wildman–Crippen LogP) is 5.73. The largest absolute Gasteiger partial charge is 0.362 e. The molecule has 0 radical (unpaired) electrons. The highest BCUT2D eigenvalue weighted by atomic mass is 19.1. The van der Waals surface area contributed by atoms with Crippen LogP contribution >= 0.6 is 0 Å². The number of ketones is 1. The summed E-state index contributed by atoms with van der Waals surface area (Å²) in [5.74, 6) is -1.98. The summed E-state index contributed by atoms with van der Waals surface area (Å²) in [6.45, 7) is 1.74. The highest BCUT2D eigenvalue weighted by molar-refractivity contribution is 6.10. The minimum atomic E-state index is -0.811. The number of nitro groups is 1. The van der Waals surface area contributed by atoms with Crippen LogP contribution in [0.25, 0.3) is 0 Å². The number of halogens is 1. The molecule has 0 saturated heterocycles. The number of carbonyl (C=O) groups is 2. The van der Waals surface area contributed by atoms with Crippen molar-refractivity contribution < 1.29 is 18.9 Å². The Labute approximate surface area is 212 Å². The van der Waals surface area contributed by atoms with Crippen LogP contribution in [0.15, 0.2) is 101 Å². The maximum absolute atomic E-state index is 13.8. The molecule has 2 aliphatic rings. The molecular weight excluding hydrogens is 473 g/mol. The number of nitrogens with zero attached hydrogens (tertiary/aromatic N) is 1. The molecule has 0 fully saturated rings. The number of hydrogen-bond acceptors (Lipinski definition) is 5. The van der Waals surface area contributed by atoms with E-state index in [9.17, 15) is 24.1 Å². The second-order valence-corrected chi connectivity index (χ2v) is 9.24. The van der Waals surface area contributed by atoms with Crippen LogP contribution in [-0.2, 0) is 9.59 Å². The molecule has 2 unspecified atom stereocenters. The molecule has 8 heteroatoms. The SMILES string of the molecule is CC1=C(C(=O)Nc2cccc(F)c2)C(c2cccc([N+](=O)[O-])c2)C2=C(CC(c3ccccc3)CC2=O)N1. The number of anilines is 1. The van der Waals surface area contributed by atoms with E-state index in [0.717, 1.165) is 5.56 Å². The third-order valence-corrected chi connectivity index (χ3v) is 6.84. The molecule has 0 bridgehead atoms. The van der Waals surface area contributed by atoms with Crippen molar-refractivity contribution in [2.45, 2.75) is 31.6 Å². The van der Waals surface area contributed by atoms with Crippen molar-refractivity contribution in [2.75, 3.05) is 5.32 Å². The van der Waals surface area contributed by atoms with E-state index in [4.69, 9.17) is 0 Å². The van der Waals surface area contributed by atoms with Crippen LogP contribution < -0.4 is 10.6 Å². The minimum absolute atomic E-state index is 0.0267. The zero-order valence-electron chi connectivity index (χ0n) is 20.0. The van der Waals surface area contributed by atoms with E-state index in [0.29, 0.717) is 29.0 Å². The molecule has 1 aliphatic carbocycles. The van der Waals surface area contributed by atoms with Crippen LogP contribution in [0.4, 0.5) is 15.8 Å². The number of non-ortho nitro benzene ring substituents is 1. The molecule has 1 amide bonds. The fraction of sp³-hybridized carbons (Fsp3) is 0.172. The second-order valence-electron chi connectivity index (χ2n) is 9.24. The summed E-state index contributed by atoms with van der Waals surface area (Å²) in [5.41, 5.74) is 3.59. The van der Waals surface area contributed by atoms with Crippen molar-refractivity contribution in [2.24, 2.45) is 0 Å². The van der Waals surface area contributed by atoms with Gasteiger partial charge in [0.25, 0.3) is 11.6 Å². The van der Waals surface area contributed by atoms with Crippen LogP contribution in [-0.4, -0.2) is 16.6 Å². The lowest BCUT2D eigenvalue weighted by Crippen LogP contribution is -2.37. The number of nitrogens with one attached hydrogen (secondary N) is 2. The Hall–Kier alpha value is -4.59. The predicted molar refractivity (Wildman–Crippen MR) is 137 cm³/mol. The number of nitro benzene ring substituents is 1. The number of carbonyl (C=O) groups excluding carboxylic acids is 2. The molecule has 5 rings (SSSR count). The van der Waals surface area contributed by atoms with Crippen molar-refractivity contribution >= 4 is 23.1 Å². The van der Waals surface area contributed by atoms with Gasteiger partial charge in [-0.3, -0.25) is 19.7 Å². The van der Waals surface area contributed by atoms with Gasteiger partial charge in [0.1, 0.15) is 5.82 Å². The molecule has 2 N–H and O–H groups in total. The molecular formula is C29H24FN3O4. The van der Waals surface area contributed by atoms with E-state index in [2.05, 4.69) is 10.6 Å². The van der Waals surface area contributed by atoms with E-state index in [1.807, 2.05) is 30.3 Å². The highest BCUT2D eigenvalue weighted by Crippen LogP contribution is 2.46. The molecule has 0 spiro atoms. The molecule has 3 aromatic carbocycles. The summed E-state index contributed by atoms with van der Waals surface area (Å²) < 4.78 is 13.8. The van der Waals surface area contributed by atoms with E-state index >= 15 is 0 Å². The Morgan fingerprint density at radius 3 is 2.46 bits per heavy atom. The van der Waals surface area contributed by atoms with Gasteiger partial charge in [0.05, 0.1) is 4.92 Å². The standard InChI is InChI=1S/C29H24FN3O4/c1-17-26(29(35)32-22-11-6-10-21(30)16-22)27(19-9-5-12-23(13-19)33(36)37)28-24(31-17)14-20(15-25(28)34)18-7-3-2-4-8-18/h2-13,16,20,27,31H,14-15H2,1H3,(H,32,35). The molecule has 1 aliphatic heterocycles. The first-order valence-corrected chi connectivity index (χ1v) is 11.9. The average molecular weight is 498 g/mol. The number of hydrogen-bond donors (Lipinski definition) is 2. The maximum atomic E-state index is 13.8. The second kappa shape index (κ2) is 9.81. The van der Waals surface area contributed by atoms with Gasteiger partial charge in [-0.05, 0) is 48.6 Å². The first-order valence-electron chi connectivity index (χ1n) is 11.9. The van der Waals surface area contributed by atoms with Gasteiger partial charge in [-0.25, -0.2) is 4.39 Å². The van der Waals surface area contributed by atoms with Crippen molar-refractivity contribution in [1.82, 2.24) is 5.32 Å². The summed E-state index contributed by atoms with van der Waals surface area (Å²) in [6, 6.07) is 21.3. The summed E-state index contributed by atoms with van der Waals surface area (Å²) >= 11 is 0. The van der Waals surface area contributed by atoms with Crippen LogP contribution in [0, 0.1) is 15.9 Å². The number of dihydropyridines is 1. The van der Waals surface area contributed by atoms with Crippen molar-refractivity contribution in [3.8, 4) is 0 Å². The van der Waals surface area contributed by atoms with E-state index in [1.165, 1.54) is 30.3 Å². The third kappa shape index (κ3) is 4.78. The zero-order chi connectivity index (χ0) is 26.1. The Bertz CT molecular complexity index is 1480. The van der Waals surface area contributed by atoms with Crippen molar-refractivity contribution in [3.05, 3.63) is 128 Å². The van der Waals surface area contributed by atoms with Gasteiger partial charge in [-0.15, -0.1) is 0 Å². The lowest BCUT2D eigenvalue weighted by Gasteiger charge is -2.37. The summed E-state index contributed by atoms with van der Waals surface area (Å²) in [5, 5.41) is 17.5. The van der Waals surface area contributed by atoms with E-state index in [-0.39, 0.29) is 35.1 Å². The summed E-state index contributed by atoms with van der Waals surface area (Å²) in [4.78, 5) is 38.2. The van der Waals surface area contributed by atoms with E-state index < -0.39 is 22.6 Å². The lowest BCUT2D eigenvalue weighted by atomic mass is 9.71. The smallest absolute Gasteiger partial charge is 0.269 e. The Morgan fingerprint density at radius 1 is 1.00 bits per heavy atom. The Morgan fingerprint density at radius 2 is 1.73 bits per heavy atom. The van der Waals surface area contributed by atoms with Gasteiger partial charge in [0.2, 0.25) is 0 Å². The summed E-state index contributed by atoms with van der Waals surface area (Å²) in [6.07, 6.45) is 0.820. The van der Waals surface area contributed by atoms with Gasteiger partial charge >= 0.3 is 0 Å². The minimum Gasteiger partial charge on any atom is -0.362 e. The first kappa shape index (κ1) is 24.1. The first-order chi connectivity index (χ1) is 17.8. The molecule has 186 valence electrons. The Balaban J connectivity index is 1.59. The molecule has 0 aromatic heterocycles. The van der Waals surface area contributed by atoms with Gasteiger partial charge in [-0.2, -0.15) is 0 Å². The number of amides is 1. The van der Waals surface area contributed by atoms with Gasteiger partial charge in [-0.1, -0.05) is 48.5 Å². The summed E-state index contributed by atoms with van der Waals surface area (Å²) in [7, 11) is 0. The fourth-order valence-corrected chi connectivity index (χ4v) is 5.22. The van der Waals surface area contributed by atoms with Crippen molar-refractivity contribution in [1.29, 1.82) is 0 Å². The lowest BCUT2D eigenvalue weighted by molar-refractivity contribution is -0.384. The van der Waals surface area contributed by atoms with Crippen molar-refractivity contribution in [3.63, 3.8) is 0 Å². The average Bonchev–Trinajstić information content (AvgIpc) is 2.88. The maximum Gasteiger partial charge on any atom is 0.269 e. The topological polar surface area (TPSA) is 101 Å². The highest BCUT2D eigenvalue weighted by Gasteiger charge is 2.41.